The summed E-state index contributed by atoms with van der Waals surface area (Å²) in [6.07, 6.45) is 0. The van der Waals surface area contributed by atoms with E-state index in [2.05, 4.69) is 10.6 Å². The number of benzene rings is 2. The lowest BCUT2D eigenvalue weighted by Gasteiger charge is -2.11. The third-order valence-electron chi connectivity index (χ3n) is 3.41. The first-order valence-corrected chi connectivity index (χ1v) is 7.98. The van der Waals surface area contributed by atoms with Crippen LogP contribution in [-0.4, -0.2) is 18.2 Å². The van der Waals surface area contributed by atoms with Gasteiger partial charge in [-0.3, -0.25) is 4.79 Å². The van der Waals surface area contributed by atoms with Gasteiger partial charge in [0.25, 0.3) is 5.76 Å². The van der Waals surface area contributed by atoms with Gasteiger partial charge in [0.1, 0.15) is 0 Å². The number of hydrogen-bond acceptors (Lipinski definition) is 3. The number of carbonyl (C=O) groups is 1. The van der Waals surface area contributed by atoms with Crippen LogP contribution in [0.15, 0.2) is 47.4 Å². The number of alkyl halides is 2. The molecule has 0 spiro atoms. The van der Waals surface area contributed by atoms with E-state index in [0.29, 0.717) is 22.3 Å². The van der Waals surface area contributed by atoms with Crippen LogP contribution in [-0.2, 0) is 4.79 Å². The highest BCUT2D eigenvalue weighted by Gasteiger charge is 2.07. The van der Waals surface area contributed by atoms with Crippen molar-refractivity contribution in [1.82, 2.24) is 0 Å². The monoisotopic (exact) mass is 336 g/mol. The van der Waals surface area contributed by atoms with E-state index in [4.69, 9.17) is 0 Å². The molecular weight excluding hydrogens is 318 g/mol. The van der Waals surface area contributed by atoms with Crippen molar-refractivity contribution < 1.29 is 13.6 Å². The standard InChI is InChI=1S/C17H18F2N2OS/c1-11-4-3-5-15(12(11)2)20-10-16(22)21-13-6-8-14(9-7-13)23-17(18)19/h3-9,17,20H,10H2,1-2H3,(H,21,22). The Morgan fingerprint density at radius 2 is 1.83 bits per heavy atom. The van der Waals surface area contributed by atoms with E-state index < -0.39 is 5.76 Å². The van der Waals surface area contributed by atoms with Crippen LogP contribution in [0, 0.1) is 13.8 Å². The molecule has 0 aromatic heterocycles. The van der Waals surface area contributed by atoms with Crippen LogP contribution in [0.1, 0.15) is 11.1 Å². The lowest BCUT2D eigenvalue weighted by atomic mass is 10.1. The molecule has 0 heterocycles. The molecule has 0 radical (unpaired) electrons. The summed E-state index contributed by atoms with van der Waals surface area (Å²) < 4.78 is 24.5. The molecule has 2 aromatic rings. The Balaban J connectivity index is 1.88. The van der Waals surface area contributed by atoms with Crippen molar-refractivity contribution in [2.45, 2.75) is 24.5 Å². The van der Waals surface area contributed by atoms with Gasteiger partial charge in [-0.1, -0.05) is 23.9 Å². The summed E-state index contributed by atoms with van der Waals surface area (Å²) in [5.74, 6) is -2.64. The van der Waals surface area contributed by atoms with Crippen molar-refractivity contribution in [3.8, 4) is 0 Å². The Bertz CT molecular complexity index is 675. The average molecular weight is 336 g/mol. The molecular formula is C17H18F2N2OS. The molecule has 2 aromatic carbocycles. The van der Waals surface area contributed by atoms with Gasteiger partial charge in [0, 0.05) is 16.3 Å². The van der Waals surface area contributed by atoms with Gasteiger partial charge in [0.2, 0.25) is 5.91 Å². The van der Waals surface area contributed by atoms with E-state index in [1.807, 2.05) is 32.0 Å². The summed E-state index contributed by atoms with van der Waals surface area (Å²) >= 11 is 0.478. The minimum Gasteiger partial charge on any atom is -0.376 e. The predicted octanol–water partition coefficient (Wildman–Crippen LogP) is 4.67. The number of thioether (sulfide) groups is 1. The molecule has 0 fully saturated rings. The molecule has 0 unspecified atom stereocenters. The molecule has 2 rings (SSSR count). The highest BCUT2D eigenvalue weighted by atomic mass is 32.2. The number of halogens is 2. The number of nitrogens with one attached hydrogen (secondary N) is 2. The normalized spacial score (nSPS) is 10.7. The molecule has 0 bridgehead atoms. The fraction of sp³-hybridized carbons (Fsp3) is 0.235. The van der Waals surface area contributed by atoms with Crippen LogP contribution in [0.4, 0.5) is 20.2 Å². The lowest BCUT2D eigenvalue weighted by molar-refractivity contribution is -0.114. The zero-order valence-electron chi connectivity index (χ0n) is 12.9. The molecule has 0 saturated heterocycles. The summed E-state index contributed by atoms with van der Waals surface area (Å²) in [7, 11) is 0. The van der Waals surface area contributed by atoms with Crippen LogP contribution in [0.2, 0.25) is 0 Å². The van der Waals surface area contributed by atoms with Gasteiger partial charge in [-0.25, -0.2) is 0 Å². The number of hydrogen-bond donors (Lipinski definition) is 2. The maximum absolute atomic E-state index is 12.2. The Labute approximate surface area is 138 Å². The van der Waals surface area contributed by atoms with Gasteiger partial charge in [0.05, 0.1) is 6.54 Å². The molecule has 122 valence electrons. The molecule has 0 saturated carbocycles. The van der Waals surface area contributed by atoms with Crippen LogP contribution < -0.4 is 10.6 Å². The zero-order valence-corrected chi connectivity index (χ0v) is 13.7. The van der Waals surface area contributed by atoms with Crippen molar-refractivity contribution in [3.05, 3.63) is 53.6 Å². The average Bonchev–Trinajstić information content (AvgIpc) is 2.50. The first-order valence-electron chi connectivity index (χ1n) is 7.10. The van der Waals surface area contributed by atoms with Crippen LogP contribution in [0.3, 0.4) is 0 Å². The summed E-state index contributed by atoms with van der Waals surface area (Å²) in [5, 5.41) is 5.82. The Morgan fingerprint density at radius 1 is 1.13 bits per heavy atom. The van der Waals surface area contributed by atoms with Gasteiger partial charge in [-0.2, -0.15) is 8.78 Å². The van der Waals surface area contributed by atoms with Crippen molar-refractivity contribution in [2.24, 2.45) is 0 Å². The van der Waals surface area contributed by atoms with E-state index in [9.17, 15) is 13.6 Å². The third-order valence-corrected chi connectivity index (χ3v) is 4.13. The molecule has 0 aliphatic heterocycles. The lowest BCUT2D eigenvalue weighted by Crippen LogP contribution is -2.22. The molecule has 0 aliphatic rings. The van der Waals surface area contributed by atoms with E-state index in [1.165, 1.54) is 0 Å². The number of amides is 1. The van der Waals surface area contributed by atoms with Crippen molar-refractivity contribution in [3.63, 3.8) is 0 Å². The SMILES string of the molecule is Cc1cccc(NCC(=O)Nc2ccc(SC(F)F)cc2)c1C. The summed E-state index contributed by atoms with van der Waals surface area (Å²) in [5.41, 5.74) is 3.76. The van der Waals surface area contributed by atoms with Gasteiger partial charge in [0.15, 0.2) is 0 Å². The minimum atomic E-state index is -2.45. The van der Waals surface area contributed by atoms with Crippen molar-refractivity contribution >= 4 is 29.0 Å². The minimum absolute atomic E-state index is 0.137. The van der Waals surface area contributed by atoms with Crippen molar-refractivity contribution in [1.29, 1.82) is 0 Å². The molecule has 2 N–H and O–H groups in total. The molecule has 0 aliphatic carbocycles. The van der Waals surface area contributed by atoms with Gasteiger partial charge in [-0.15, -0.1) is 0 Å². The van der Waals surface area contributed by atoms with E-state index in [-0.39, 0.29) is 12.5 Å². The Kier molecular flexibility index (Phi) is 5.98. The van der Waals surface area contributed by atoms with E-state index >= 15 is 0 Å². The predicted molar refractivity (Wildman–Crippen MR) is 91.3 cm³/mol. The first-order chi connectivity index (χ1) is 11.0. The third kappa shape index (κ3) is 5.25. The largest absolute Gasteiger partial charge is 0.376 e. The maximum atomic E-state index is 12.2. The maximum Gasteiger partial charge on any atom is 0.288 e. The molecule has 1 amide bonds. The second-order valence-electron chi connectivity index (χ2n) is 5.05. The smallest absolute Gasteiger partial charge is 0.288 e. The van der Waals surface area contributed by atoms with Crippen molar-refractivity contribution in [2.75, 3.05) is 17.2 Å². The quantitative estimate of drug-likeness (QED) is 0.753. The second kappa shape index (κ2) is 7.97. The highest BCUT2D eigenvalue weighted by molar-refractivity contribution is 7.99. The topological polar surface area (TPSA) is 41.1 Å². The van der Waals surface area contributed by atoms with Gasteiger partial charge in [-0.05, 0) is 55.3 Å². The number of rotatable bonds is 6. The fourth-order valence-corrected chi connectivity index (χ4v) is 2.54. The Hall–Kier alpha value is -2.08. The molecule has 3 nitrogen and oxygen atoms in total. The zero-order chi connectivity index (χ0) is 16.8. The summed E-state index contributed by atoms with van der Waals surface area (Å²) in [6, 6.07) is 12.2. The molecule has 6 heteroatoms. The second-order valence-corrected chi connectivity index (χ2v) is 6.12. The van der Waals surface area contributed by atoms with Crippen LogP contribution in [0.25, 0.3) is 0 Å². The van der Waals surface area contributed by atoms with Gasteiger partial charge < -0.3 is 10.6 Å². The van der Waals surface area contributed by atoms with Crippen LogP contribution >= 0.6 is 11.8 Å². The molecule has 23 heavy (non-hydrogen) atoms. The number of carbonyl (C=O) groups excluding carboxylic acids is 1. The molecule has 0 atom stereocenters. The van der Waals surface area contributed by atoms with E-state index in [1.54, 1.807) is 24.3 Å². The summed E-state index contributed by atoms with van der Waals surface area (Å²) in [6.45, 7) is 4.15. The number of aryl methyl sites for hydroxylation is 1. The Morgan fingerprint density at radius 3 is 2.48 bits per heavy atom. The number of anilines is 2. The van der Waals surface area contributed by atoms with Crippen LogP contribution in [0.5, 0.6) is 0 Å². The highest BCUT2D eigenvalue weighted by Crippen LogP contribution is 2.26. The van der Waals surface area contributed by atoms with E-state index in [0.717, 1.165) is 16.8 Å². The summed E-state index contributed by atoms with van der Waals surface area (Å²) in [4.78, 5) is 12.4. The first kappa shape index (κ1) is 17.3. The fourth-order valence-electron chi connectivity index (χ4n) is 2.04. The van der Waals surface area contributed by atoms with Gasteiger partial charge >= 0.3 is 0 Å².